The van der Waals surface area contributed by atoms with Crippen LogP contribution in [0.3, 0.4) is 0 Å². The third-order valence-electron chi connectivity index (χ3n) is 5.89. The Balaban J connectivity index is 1.79. The fraction of sp³-hybridized carbons (Fsp3) is 0.500. The summed E-state index contributed by atoms with van der Waals surface area (Å²) in [6.45, 7) is 4.39. The molecule has 1 aromatic heterocycles. The third-order valence-corrected chi connectivity index (χ3v) is 5.89. The van der Waals surface area contributed by atoms with Gasteiger partial charge in [0.1, 0.15) is 6.10 Å². The fourth-order valence-electron chi connectivity index (χ4n) is 4.34. The van der Waals surface area contributed by atoms with Crippen molar-refractivity contribution in [2.45, 2.75) is 45.3 Å². The van der Waals surface area contributed by atoms with Gasteiger partial charge in [-0.3, -0.25) is 4.79 Å². The number of halogens is 2. The summed E-state index contributed by atoms with van der Waals surface area (Å²) >= 11 is 0. The predicted octanol–water partition coefficient (Wildman–Crippen LogP) is 3.23. The van der Waals surface area contributed by atoms with Crippen LogP contribution in [0.15, 0.2) is 16.9 Å². The van der Waals surface area contributed by atoms with Crippen LogP contribution < -0.4 is 16.2 Å². The van der Waals surface area contributed by atoms with Gasteiger partial charge in [-0.2, -0.15) is 0 Å². The number of fused-ring (bicyclic) bond motifs is 1. The lowest BCUT2D eigenvalue weighted by Crippen LogP contribution is -2.30. The smallest absolute Gasteiger partial charge is 0.404 e. The maximum atomic E-state index is 15.0. The van der Waals surface area contributed by atoms with E-state index >= 15 is 4.39 Å². The number of ether oxygens (including phenoxy) is 1. The van der Waals surface area contributed by atoms with Gasteiger partial charge in [-0.25, -0.2) is 13.6 Å². The summed E-state index contributed by atoms with van der Waals surface area (Å²) < 4.78 is 36.6. The first-order chi connectivity index (χ1) is 13.3. The molecule has 28 heavy (non-hydrogen) atoms. The van der Waals surface area contributed by atoms with Crippen molar-refractivity contribution < 1.29 is 18.3 Å². The second kappa shape index (κ2) is 6.76. The van der Waals surface area contributed by atoms with Crippen molar-refractivity contribution in [1.82, 2.24) is 4.57 Å². The quantitative estimate of drug-likeness (QED) is 0.868. The van der Waals surface area contributed by atoms with Crippen molar-refractivity contribution in [3.05, 3.63) is 39.7 Å². The first-order valence-electron chi connectivity index (χ1n) is 9.53. The number of anilines is 1. The largest absolute Gasteiger partial charge is 0.446 e. The summed E-state index contributed by atoms with van der Waals surface area (Å²) in [5.74, 6) is -1.88. The number of amides is 1. The van der Waals surface area contributed by atoms with Crippen molar-refractivity contribution in [2.75, 3.05) is 18.0 Å². The molecule has 8 heteroatoms. The minimum absolute atomic E-state index is 0.0357. The molecule has 1 saturated heterocycles. The highest BCUT2D eigenvalue weighted by atomic mass is 19.2. The van der Waals surface area contributed by atoms with E-state index in [9.17, 15) is 14.0 Å². The van der Waals surface area contributed by atoms with E-state index in [-0.39, 0.29) is 28.6 Å². The Hall–Kier alpha value is -2.64. The fourth-order valence-corrected chi connectivity index (χ4v) is 4.34. The van der Waals surface area contributed by atoms with E-state index in [1.807, 2.05) is 0 Å². The normalized spacial score (nSPS) is 20.6. The van der Waals surface area contributed by atoms with Crippen LogP contribution in [0.4, 0.5) is 19.3 Å². The van der Waals surface area contributed by atoms with E-state index in [2.05, 4.69) is 0 Å². The van der Waals surface area contributed by atoms with Gasteiger partial charge < -0.3 is 19.9 Å². The Labute approximate surface area is 160 Å². The van der Waals surface area contributed by atoms with E-state index in [0.717, 1.165) is 12.8 Å². The molecule has 6 nitrogen and oxygen atoms in total. The van der Waals surface area contributed by atoms with Crippen LogP contribution in [0.1, 0.15) is 37.8 Å². The van der Waals surface area contributed by atoms with E-state index in [1.165, 1.54) is 12.1 Å². The van der Waals surface area contributed by atoms with Crippen LogP contribution in [0, 0.1) is 24.5 Å². The Morgan fingerprint density at radius 1 is 1.25 bits per heavy atom. The standard InChI is InChI=1S/C20H23F2N3O3/c1-10-18-14(5-6-15(26)25(18)13-3-4-13)16(21)17(22)19(10)24-8-7-12(9-24)11(2)28-20(23)27/h5-6,11-13H,3-4,7-9H2,1-2H3,(H2,23,27)/t11-,12+/m0/s1. The number of hydrogen-bond donors (Lipinski definition) is 1. The molecule has 1 aliphatic heterocycles. The van der Waals surface area contributed by atoms with Crippen molar-refractivity contribution in [1.29, 1.82) is 0 Å². The van der Waals surface area contributed by atoms with E-state index < -0.39 is 23.8 Å². The molecule has 1 saturated carbocycles. The molecule has 2 aromatic rings. The number of hydrogen-bond acceptors (Lipinski definition) is 4. The summed E-state index contributed by atoms with van der Waals surface area (Å²) in [5, 5.41) is 0.131. The first kappa shape index (κ1) is 18.7. The number of rotatable bonds is 4. The lowest BCUT2D eigenvalue weighted by atomic mass is 10.0. The first-order valence-corrected chi connectivity index (χ1v) is 9.53. The Morgan fingerprint density at radius 3 is 2.61 bits per heavy atom. The number of aryl methyl sites for hydroxylation is 1. The highest BCUT2D eigenvalue weighted by Gasteiger charge is 2.34. The van der Waals surface area contributed by atoms with Gasteiger partial charge in [-0.1, -0.05) is 0 Å². The minimum Gasteiger partial charge on any atom is -0.446 e. The second-order valence-electron chi connectivity index (χ2n) is 7.77. The minimum atomic E-state index is -0.935. The average molecular weight is 391 g/mol. The molecule has 2 heterocycles. The zero-order valence-electron chi connectivity index (χ0n) is 15.9. The topological polar surface area (TPSA) is 77.6 Å². The number of primary amides is 1. The molecule has 1 aromatic carbocycles. The molecule has 2 atom stereocenters. The molecule has 2 N–H and O–H groups in total. The maximum absolute atomic E-state index is 15.0. The van der Waals surface area contributed by atoms with Gasteiger partial charge in [-0.05, 0) is 44.7 Å². The predicted molar refractivity (Wildman–Crippen MR) is 102 cm³/mol. The molecule has 0 unspecified atom stereocenters. The van der Waals surface area contributed by atoms with Crippen molar-refractivity contribution in [3.8, 4) is 0 Å². The van der Waals surface area contributed by atoms with Gasteiger partial charge in [0.15, 0.2) is 11.6 Å². The molecule has 1 amide bonds. The molecule has 2 fully saturated rings. The van der Waals surface area contributed by atoms with Gasteiger partial charge in [0.25, 0.3) is 5.56 Å². The highest BCUT2D eigenvalue weighted by Crippen LogP contribution is 2.41. The number of carbonyl (C=O) groups is 1. The third kappa shape index (κ3) is 3.00. The van der Waals surface area contributed by atoms with Crippen molar-refractivity contribution >= 4 is 22.7 Å². The van der Waals surface area contributed by atoms with Crippen molar-refractivity contribution in [2.24, 2.45) is 11.7 Å². The summed E-state index contributed by atoms with van der Waals surface area (Å²) in [5.41, 5.74) is 6.09. The Bertz CT molecular complexity index is 1020. The lowest BCUT2D eigenvalue weighted by Gasteiger charge is -2.25. The second-order valence-corrected chi connectivity index (χ2v) is 7.77. The number of nitrogens with zero attached hydrogens (tertiary/aromatic N) is 2. The van der Waals surface area contributed by atoms with Crippen LogP contribution in [0.5, 0.6) is 0 Å². The zero-order valence-corrected chi connectivity index (χ0v) is 15.9. The van der Waals surface area contributed by atoms with Crippen LogP contribution in [-0.2, 0) is 4.74 Å². The summed E-state index contributed by atoms with van der Waals surface area (Å²) in [6, 6.07) is 2.71. The van der Waals surface area contributed by atoms with E-state index in [4.69, 9.17) is 10.5 Å². The van der Waals surface area contributed by atoms with Gasteiger partial charge in [-0.15, -0.1) is 0 Å². The molecular formula is C20H23F2N3O3. The average Bonchev–Trinajstić information content (AvgIpc) is 3.35. The highest BCUT2D eigenvalue weighted by molar-refractivity contribution is 5.88. The number of nitrogens with two attached hydrogens (primary N) is 1. The number of aromatic nitrogens is 1. The molecule has 150 valence electrons. The molecule has 4 rings (SSSR count). The van der Waals surface area contributed by atoms with Gasteiger partial charge in [0.2, 0.25) is 0 Å². The molecular weight excluding hydrogens is 368 g/mol. The molecule has 2 aliphatic rings. The van der Waals surface area contributed by atoms with Crippen molar-refractivity contribution in [3.63, 3.8) is 0 Å². The molecule has 0 radical (unpaired) electrons. The molecule has 0 spiro atoms. The van der Waals surface area contributed by atoms with Crippen LogP contribution in [0.2, 0.25) is 0 Å². The number of benzene rings is 1. The van der Waals surface area contributed by atoms with Gasteiger partial charge in [0.05, 0.1) is 11.2 Å². The number of carbonyl (C=O) groups excluding carboxylic acids is 1. The number of pyridine rings is 1. The van der Waals surface area contributed by atoms with Crippen LogP contribution >= 0.6 is 0 Å². The summed E-state index contributed by atoms with van der Waals surface area (Å²) in [6.07, 6.45) is 1.12. The van der Waals surface area contributed by atoms with E-state index in [1.54, 1.807) is 23.3 Å². The Kier molecular flexibility index (Phi) is 4.51. The monoisotopic (exact) mass is 391 g/mol. The lowest BCUT2D eigenvalue weighted by molar-refractivity contribution is 0.0860. The Morgan fingerprint density at radius 2 is 1.96 bits per heavy atom. The zero-order chi connectivity index (χ0) is 20.2. The molecule has 0 bridgehead atoms. The van der Waals surface area contributed by atoms with E-state index in [0.29, 0.717) is 30.6 Å². The summed E-state index contributed by atoms with van der Waals surface area (Å²) in [7, 11) is 0. The van der Waals surface area contributed by atoms with Crippen LogP contribution in [-0.4, -0.2) is 29.9 Å². The maximum Gasteiger partial charge on any atom is 0.404 e. The van der Waals surface area contributed by atoms with Gasteiger partial charge >= 0.3 is 6.09 Å². The summed E-state index contributed by atoms with van der Waals surface area (Å²) in [4.78, 5) is 25.2. The molecule has 1 aliphatic carbocycles. The van der Waals surface area contributed by atoms with Gasteiger partial charge in [0, 0.05) is 36.5 Å². The SMILES string of the molecule is Cc1c(N2CC[C@@H]([C@H](C)OC(N)=O)C2)c(F)c(F)c2ccc(=O)n(C3CC3)c12. The van der Waals surface area contributed by atoms with Crippen LogP contribution in [0.25, 0.3) is 10.9 Å².